The molecule has 0 atom stereocenters. The van der Waals surface area contributed by atoms with E-state index in [9.17, 15) is 4.79 Å². The molecule has 6 heteroatoms. The van der Waals surface area contributed by atoms with Gasteiger partial charge in [0.1, 0.15) is 5.82 Å². The summed E-state index contributed by atoms with van der Waals surface area (Å²) >= 11 is 0. The zero-order valence-corrected chi connectivity index (χ0v) is 12.3. The van der Waals surface area contributed by atoms with Crippen LogP contribution in [-0.2, 0) is 11.3 Å². The molecule has 0 saturated carbocycles. The van der Waals surface area contributed by atoms with Gasteiger partial charge in [0.05, 0.1) is 18.8 Å². The topological polar surface area (TPSA) is 71.7 Å². The number of rotatable bonds is 4. The largest absolute Gasteiger partial charge is 0.379 e. The molecule has 2 fully saturated rings. The Kier molecular flexibility index (Phi) is 4.36. The van der Waals surface area contributed by atoms with Gasteiger partial charge in [0.15, 0.2) is 0 Å². The van der Waals surface area contributed by atoms with E-state index in [1.165, 1.54) is 0 Å². The number of carbonyl (C=O) groups excluding carboxylic acids is 1. The first-order chi connectivity index (χ1) is 10.2. The van der Waals surface area contributed by atoms with Crippen molar-refractivity contribution in [2.24, 2.45) is 5.73 Å². The molecule has 3 heterocycles. The second kappa shape index (κ2) is 6.41. The van der Waals surface area contributed by atoms with Gasteiger partial charge in [0.2, 0.25) is 0 Å². The van der Waals surface area contributed by atoms with E-state index in [0.717, 1.165) is 70.2 Å². The van der Waals surface area contributed by atoms with Gasteiger partial charge in [-0.05, 0) is 24.5 Å². The normalized spacial score (nSPS) is 19.9. The first-order valence-electron chi connectivity index (χ1n) is 7.58. The van der Waals surface area contributed by atoms with Crippen LogP contribution in [0.1, 0.15) is 28.8 Å². The third-order valence-electron chi connectivity index (χ3n) is 4.10. The van der Waals surface area contributed by atoms with E-state index < -0.39 is 5.91 Å². The predicted octanol–water partition coefficient (Wildman–Crippen LogP) is 0.613. The van der Waals surface area contributed by atoms with Crippen LogP contribution in [-0.4, -0.2) is 55.2 Å². The molecule has 1 amide bonds. The summed E-state index contributed by atoms with van der Waals surface area (Å²) in [5, 5.41) is 0. The molecule has 0 spiro atoms. The van der Waals surface area contributed by atoms with Crippen LogP contribution >= 0.6 is 0 Å². The molecular formula is C15H22N4O2. The fourth-order valence-corrected chi connectivity index (χ4v) is 2.97. The molecule has 2 aliphatic rings. The monoisotopic (exact) mass is 290 g/mol. The molecule has 21 heavy (non-hydrogen) atoms. The molecule has 1 aromatic heterocycles. The van der Waals surface area contributed by atoms with Crippen molar-refractivity contribution in [1.82, 2.24) is 9.88 Å². The van der Waals surface area contributed by atoms with Crippen molar-refractivity contribution >= 4 is 11.7 Å². The minimum absolute atomic E-state index is 0.395. The van der Waals surface area contributed by atoms with E-state index in [2.05, 4.69) is 14.8 Å². The number of anilines is 1. The second-order valence-electron chi connectivity index (χ2n) is 5.66. The van der Waals surface area contributed by atoms with Gasteiger partial charge in [-0.1, -0.05) is 0 Å². The Hall–Kier alpha value is -1.66. The van der Waals surface area contributed by atoms with E-state index in [1.54, 1.807) is 0 Å². The van der Waals surface area contributed by atoms with Crippen molar-refractivity contribution in [1.29, 1.82) is 0 Å². The Morgan fingerprint density at radius 1 is 1.24 bits per heavy atom. The first kappa shape index (κ1) is 14.3. The number of ether oxygens (including phenoxy) is 1. The number of pyridine rings is 1. The van der Waals surface area contributed by atoms with E-state index in [1.807, 2.05) is 12.3 Å². The molecule has 2 saturated heterocycles. The van der Waals surface area contributed by atoms with E-state index in [-0.39, 0.29) is 0 Å². The van der Waals surface area contributed by atoms with Crippen LogP contribution in [0.15, 0.2) is 12.3 Å². The molecule has 6 nitrogen and oxygen atoms in total. The Balaban J connectivity index is 1.79. The summed E-state index contributed by atoms with van der Waals surface area (Å²) in [6.07, 6.45) is 4.17. The Labute approximate surface area is 124 Å². The third-order valence-corrected chi connectivity index (χ3v) is 4.10. The predicted molar refractivity (Wildman–Crippen MR) is 80.3 cm³/mol. The van der Waals surface area contributed by atoms with Gasteiger partial charge in [-0.3, -0.25) is 9.69 Å². The van der Waals surface area contributed by atoms with Crippen molar-refractivity contribution in [3.05, 3.63) is 23.4 Å². The number of amides is 1. The van der Waals surface area contributed by atoms with Crippen molar-refractivity contribution in [3.63, 3.8) is 0 Å². The minimum Gasteiger partial charge on any atom is -0.379 e. The highest BCUT2D eigenvalue weighted by molar-refractivity contribution is 5.97. The maximum atomic E-state index is 11.7. The second-order valence-corrected chi connectivity index (χ2v) is 5.66. The van der Waals surface area contributed by atoms with Crippen molar-refractivity contribution in [2.75, 3.05) is 44.3 Å². The van der Waals surface area contributed by atoms with Gasteiger partial charge < -0.3 is 15.4 Å². The SMILES string of the molecule is NC(=O)c1cc(CN2CCOCC2)cnc1N1CCCC1. The zero-order chi connectivity index (χ0) is 14.7. The summed E-state index contributed by atoms with van der Waals surface area (Å²) in [4.78, 5) is 20.7. The molecule has 0 aliphatic carbocycles. The lowest BCUT2D eigenvalue weighted by Gasteiger charge is -2.27. The van der Waals surface area contributed by atoms with Crippen LogP contribution in [0.3, 0.4) is 0 Å². The van der Waals surface area contributed by atoms with Gasteiger partial charge >= 0.3 is 0 Å². The minimum atomic E-state index is -0.395. The van der Waals surface area contributed by atoms with Crippen LogP contribution in [0.4, 0.5) is 5.82 Å². The highest BCUT2D eigenvalue weighted by Gasteiger charge is 2.21. The standard InChI is InChI=1S/C15H22N4O2/c16-14(20)13-9-12(11-18-5-7-21-8-6-18)10-17-15(13)19-3-1-2-4-19/h9-10H,1-8,11H2,(H2,16,20). The van der Waals surface area contributed by atoms with Gasteiger partial charge in [0, 0.05) is 38.9 Å². The summed E-state index contributed by atoms with van der Waals surface area (Å²) in [7, 11) is 0. The molecule has 2 N–H and O–H groups in total. The average molecular weight is 290 g/mol. The van der Waals surface area contributed by atoms with Crippen molar-refractivity contribution in [3.8, 4) is 0 Å². The zero-order valence-electron chi connectivity index (χ0n) is 12.3. The molecule has 1 aromatic rings. The van der Waals surface area contributed by atoms with Crippen LogP contribution < -0.4 is 10.6 Å². The van der Waals surface area contributed by atoms with Crippen molar-refractivity contribution in [2.45, 2.75) is 19.4 Å². The average Bonchev–Trinajstić information content (AvgIpc) is 3.02. The number of nitrogens with zero attached hydrogens (tertiary/aromatic N) is 3. The van der Waals surface area contributed by atoms with Crippen LogP contribution in [0.5, 0.6) is 0 Å². The quantitative estimate of drug-likeness (QED) is 0.880. The number of aromatic nitrogens is 1. The number of hydrogen-bond acceptors (Lipinski definition) is 5. The lowest BCUT2D eigenvalue weighted by molar-refractivity contribution is 0.0341. The summed E-state index contributed by atoms with van der Waals surface area (Å²) < 4.78 is 5.35. The summed E-state index contributed by atoms with van der Waals surface area (Å²) in [5.74, 6) is 0.346. The molecule has 114 valence electrons. The van der Waals surface area contributed by atoms with E-state index in [4.69, 9.17) is 10.5 Å². The van der Waals surface area contributed by atoms with Crippen LogP contribution in [0, 0.1) is 0 Å². The highest BCUT2D eigenvalue weighted by Crippen LogP contribution is 2.23. The molecular weight excluding hydrogens is 268 g/mol. The molecule has 0 radical (unpaired) electrons. The lowest BCUT2D eigenvalue weighted by atomic mass is 10.1. The maximum Gasteiger partial charge on any atom is 0.252 e. The van der Waals surface area contributed by atoms with Gasteiger partial charge in [-0.25, -0.2) is 4.98 Å². The van der Waals surface area contributed by atoms with Crippen molar-refractivity contribution < 1.29 is 9.53 Å². The lowest BCUT2D eigenvalue weighted by Crippen LogP contribution is -2.35. The molecule has 0 aromatic carbocycles. The Morgan fingerprint density at radius 3 is 2.62 bits per heavy atom. The summed E-state index contributed by atoms with van der Waals surface area (Å²) in [5.41, 5.74) is 7.12. The fourth-order valence-electron chi connectivity index (χ4n) is 2.97. The third kappa shape index (κ3) is 3.33. The maximum absolute atomic E-state index is 11.7. The summed E-state index contributed by atoms with van der Waals surface area (Å²) in [6.45, 7) is 6.06. The molecule has 2 aliphatic heterocycles. The number of carbonyl (C=O) groups is 1. The Bertz CT molecular complexity index is 508. The Morgan fingerprint density at radius 2 is 1.95 bits per heavy atom. The number of nitrogens with two attached hydrogens (primary N) is 1. The van der Waals surface area contributed by atoms with E-state index in [0.29, 0.717) is 5.56 Å². The van der Waals surface area contributed by atoms with Gasteiger partial charge in [-0.15, -0.1) is 0 Å². The van der Waals surface area contributed by atoms with Crippen LogP contribution in [0.2, 0.25) is 0 Å². The first-order valence-corrected chi connectivity index (χ1v) is 7.58. The fraction of sp³-hybridized carbons (Fsp3) is 0.600. The van der Waals surface area contributed by atoms with Gasteiger partial charge in [0.25, 0.3) is 5.91 Å². The highest BCUT2D eigenvalue weighted by atomic mass is 16.5. The number of morpholine rings is 1. The molecule has 0 unspecified atom stereocenters. The number of hydrogen-bond donors (Lipinski definition) is 1. The van der Waals surface area contributed by atoms with E-state index >= 15 is 0 Å². The van der Waals surface area contributed by atoms with Gasteiger partial charge in [-0.2, -0.15) is 0 Å². The van der Waals surface area contributed by atoms with Crippen LogP contribution in [0.25, 0.3) is 0 Å². The summed E-state index contributed by atoms with van der Waals surface area (Å²) in [6, 6.07) is 1.90. The number of primary amides is 1. The molecule has 3 rings (SSSR count). The molecule has 0 bridgehead atoms. The smallest absolute Gasteiger partial charge is 0.252 e.